The van der Waals surface area contributed by atoms with Gasteiger partial charge in [0.1, 0.15) is 10.8 Å². The van der Waals surface area contributed by atoms with Gasteiger partial charge in [-0.3, -0.25) is 4.79 Å². The predicted molar refractivity (Wildman–Crippen MR) is 152 cm³/mol. The van der Waals surface area contributed by atoms with Crippen LogP contribution in [0.25, 0.3) is 0 Å². The molecule has 1 amide bonds. The van der Waals surface area contributed by atoms with Gasteiger partial charge in [-0.25, -0.2) is 4.99 Å². The van der Waals surface area contributed by atoms with Crippen LogP contribution < -0.4 is 19.5 Å². The lowest BCUT2D eigenvalue weighted by molar-refractivity contribution is 0.102. The van der Waals surface area contributed by atoms with Gasteiger partial charge < -0.3 is 19.5 Å². The third-order valence-electron chi connectivity index (χ3n) is 6.86. The zero-order chi connectivity index (χ0) is 26.7. The van der Waals surface area contributed by atoms with Crippen LogP contribution in [0.15, 0.2) is 41.4 Å². The van der Waals surface area contributed by atoms with E-state index in [9.17, 15) is 4.79 Å². The van der Waals surface area contributed by atoms with Crippen molar-refractivity contribution in [2.24, 2.45) is 16.3 Å². The maximum absolute atomic E-state index is 13.6. The Kier molecular flexibility index (Phi) is 8.14. The Morgan fingerprint density at radius 1 is 1.05 bits per heavy atom. The number of thiophene rings is 1. The van der Waals surface area contributed by atoms with Gasteiger partial charge in [0, 0.05) is 33.4 Å². The average molecular weight is 541 g/mol. The fraction of sp³-hybridized carbons (Fsp3) is 0.379. The molecular formula is C29H33ClN2O4S. The lowest BCUT2D eigenvalue weighted by Gasteiger charge is -2.33. The minimum absolute atomic E-state index is 0.166. The van der Waals surface area contributed by atoms with Crippen LogP contribution in [-0.4, -0.2) is 33.5 Å². The van der Waals surface area contributed by atoms with Crippen LogP contribution >= 0.6 is 22.9 Å². The molecule has 0 aliphatic heterocycles. The van der Waals surface area contributed by atoms with Gasteiger partial charge in [0.2, 0.25) is 0 Å². The molecule has 2 aromatic carbocycles. The number of hydrogen-bond acceptors (Lipinski definition) is 6. The highest BCUT2D eigenvalue weighted by Gasteiger charge is 2.33. The van der Waals surface area contributed by atoms with Crippen LogP contribution in [0.4, 0.5) is 10.7 Å². The molecule has 1 heterocycles. The number of methoxy groups -OCH3 is 3. The average Bonchev–Trinajstić information content (AvgIpc) is 3.25. The Morgan fingerprint density at radius 3 is 2.32 bits per heavy atom. The van der Waals surface area contributed by atoms with E-state index in [2.05, 4.69) is 26.1 Å². The molecule has 37 heavy (non-hydrogen) atoms. The molecule has 0 saturated carbocycles. The number of anilines is 1. The summed E-state index contributed by atoms with van der Waals surface area (Å²) in [7, 11) is 4.77. The summed E-state index contributed by atoms with van der Waals surface area (Å²) in [4.78, 5) is 19.6. The largest absolute Gasteiger partial charge is 0.496 e. The lowest BCUT2D eigenvalue weighted by atomic mass is 9.72. The molecule has 1 N–H and O–H groups in total. The number of nitrogens with one attached hydrogen (secondary N) is 1. The lowest BCUT2D eigenvalue weighted by Crippen LogP contribution is -2.27. The second-order valence-electron chi connectivity index (χ2n) is 10.2. The monoisotopic (exact) mass is 540 g/mol. The van der Waals surface area contributed by atoms with Crippen molar-refractivity contribution >= 4 is 45.7 Å². The van der Waals surface area contributed by atoms with E-state index in [-0.39, 0.29) is 11.3 Å². The zero-order valence-corrected chi connectivity index (χ0v) is 23.7. The quantitative estimate of drug-likeness (QED) is 0.313. The van der Waals surface area contributed by atoms with E-state index >= 15 is 0 Å². The third kappa shape index (κ3) is 5.94. The number of fused-ring (bicyclic) bond motifs is 1. The Balaban J connectivity index is 1.75. The molecular weight excluding hydrogens is 508 g/mol. The van der Waals surface area contributed by atoms with Gasteiger partial charge in [-0.2, -0.15) is 0 Å². The molecule has 1 atom stereocenters. The molecule has 0 radical (unpaired) electrons. The molecule has 1 aliphatic rings. The Labute approximate surface area is 227 Å². The third-order valence-corrected chi connectivity index (χ3v) is 8.27. The SMILES string of the molecule is COc1cc(OC)c(OC)cc1C=Nc1sc2c(c1C(=O)Nc1ccc(Cl)cc1)CC[C@@H](C(C)(C)C)C2. The Morgan fingerprint density at radius 2 is 1.70 bits per heavy atom. The normalized spacial score (nSPS) is 15.4. The van der Waals surface area contributed by atoms with Gasteiger partial charge in [0.25, 0.3) is 5.91 Å². The van der Waals surface area contributed by atoms with Crippen molar-refractivity contribution in [1.82, 2.24) is 0 Å². The van der Waals surface area contributed by atoms with E-state index in [0.29, 0.717) is 44.4 Å². The van der Waals surface area contributed by atoms with Gasteiger partial charge in [-0.15, -0.1) is 11.3 Å². The van der Waals surface area contributed by atoms with E-state index in [0.717, 1.165) is 30.4 Å². The van der Waals surface area contributed by atoms with Crippen molar-refractivity contribution in [3.63, 3.8) is 0 Å². The number of aliphatic imine (C=N–C) groups is 1. The fourth-order valence-corrected chi connectivity index (χ4v) is 6.04. The van der Waals surface area contributed by atoms with Crippen molar-refractivity contribution in [2.75, 3.05) is 26.6 Å². The summed E-state index contributed by atoms with van der Waals surface area (Å²) in [5, 5.41) is 4.33. The molecule has 196 valence electrons. The summed E-state index contributed by atoms with van der Waals surface area (Å²) in [6, 6.07) is 10.7. The molecule has 0 fully saturated rings. The van der Waals surface area contributed by atoms with E-state index in [1.807, 2.05) is 6.07 Å². The van der Waals surface area contributed by atoms with Crippen LogP contribution in [0, 0.1) is 11.3 Å². The first-order valence-electron chi connectivity index (χ1n) is 12.2. The minimum Gasteiger partial charge on any atom is -0.496 e. The van der Waals surface area contributed by atoms with Gasteiger partial charge in [0.05, 0.1) is 26.9 Å². The number of ether oxygens (including phenoxy) is 3. The van der Waals surface area contributed by atoms with Crippen molar-refractivity contribution in [3.05, 3.63) is 63.0 Å². The standard InChI is InChI=1S/C29H33ClN2O4S/c1-29(2,3)18-7-12-21-25(14-18)37-28(26(21)27(33)32-20-10-8-19(30)9-11-20)31-16-17-13-23(35-5)24(36-6)15-22(17)34-4/h8-11,13,15-16,18H,7,12,14H2,1-6H3,(H,32,33)/t18-/m1/s1. The second-order valence-corrected chi connectivity index (χ2v) is 11.7. The summed E-state index contributed by atoms with van der Waals surface area (Å²) < 4.78 is 16.4. The second kappa shape index (κ2) is 11.2. The number of hydrogen-bond donors (Lipinski definition) is 1. The first-order valence-corrected chi connectivity index (χ1v) is 13.4. The first-order chi connectivity index (χ1) is 17.6. The number of rotatable bonds is 7. The van der Waals surface area contributed by atoms with E-state index in [1.54, 1.807) is 69.2 Å². The summed E-state index contributed by atoms with van der Waals surface area (Å²) in [6.45, 7) is 6.85. The van der Waals surface area contributed by atoms with Crippen LogP contribution in [0.3, 0.4) is 0 Å². The van der Waals surface area contributed by atoms with Gasteiger partial charge in [-0.1, -0.05) is 32.4 Å². The molecule has 0 unspecified atom stereocenters. The number of carbonyl (C=O) groups excluding carboxylic acids is 1. The van der Waals surface area contributed by atoms with E-state index in [4.69, 9.17) is 30.8 Å². The molecule has 8 heteroatoms. The number of benzene rings is 2. The molecule has 0 spiro atoms. The molecule has 1 aliphatic carbocycles. The van der Waals surface area contributed by atoms with Crippen LogP contribution in [0.2, 0.25) is 5.02 Å². The van der Waals surface area contributed by atoms with Crippen molar-refractivity contribution in [1.29, 1.82) is 0 Å². The summed E-state index contributed by atoms with van der Waals surface area (Å²) in [5.74, 6) is 2.13. The molecule has 3 aromatic rings. The fourth-order valence-electron chi connectivity index (χ4n) is 4.64. The summed E-state index contributed by atoms with van der Waals surface area (Å²) in [6.07, 6.45) is 4.56. The van der Waals surface area contributed by atoms with E-state index in [1.165, 1.54) is 4.88 Å². The number of carbonyl (C=O) groups is 1. The Hall–Kier alpha value is -3.03. The van der Waals surface area contributed by atoms with Gasteiger partial charge >= 0.3 is 0 Å². The zero-order valence-electron chi connectivity index (χ0n) is 22.1. The topological polar surface area (TPSA) is 69.1 Å². The highest BCUT2D eigenvalue weighted by Crippen LogP contribution is 2.45. The number of amides is 1. The number of halogens is 1. The van der Waals surface area contributed by atoms with Crippen molar-refractivity contribution in [2.45, 2.75) is 40.0 Å². The van der Waals surface area contributed by atoms with Gasteiger partial charge in [-0.05, 0) is 66.5 Å². The van der Waals surface area contributed by atoms with Crippen molar-refractivity contribution in [3.8, 4) is 17.2 Å². The van der Waals surface area contributed by atoms with Crippen LogP contribution in [0.5, 0.6) is 17.2 Å². The molecule has 1 aromatic heterocycles. The smallest absolute Gasteiger partial charge is 0.259 e. The summed E-state index contributed by atoms with van der Waals surface area (Å²) in [5.41, 5.74) is 3.35. The molecule has 0 bridgehead atoms. The molecule has 6 nitrogen and oxygen atoms in total. The first kappa shape index (κ1) is 27.0. The maximum Gasteiger partial charge on any atom is 0.259 e. The highest BCUT2D eigenvalue weighted by molar-refractivity contribution is 7.16. The molecule has 4 rings (SSSR count). The van der Waals surface area contributed by atoms with Gasteiger partial charge in [0.15, 0.2) is 11.5 Å². The van der Waals surface area contributed by atoms with Crippen LogP contribution in [-0.2, 0) is 12.8 Å². The van der Waals surface area contributed by atoms with Crippen molar-refractivity contribution < 1.29 is 19.0 Å². The predicted octanol–water partition coefficient (Wildman–Crippen LogP) is 7.58. The van der Waals surface area contributed by atoms with E-state index < -0.39 is 0 Å². The highest BCUT2D eigenvalue weighted by atomic mass is 35.5. The summed E-state index contributed by atoms with van der Waals surface area (Å²) >= 11 is 7.62. The molecule has 0 saturated heterocycles. The number of nitrogens with zero attached hydrogens (tertiary/aromatic N) is 1. The Bertz CT molecular complexity index is 1310. The maximum atomic E-state index is 13.6. The van der Waals surface area contributed by atoms with Crippen LogP contribution in [0.1, 0.15) is 53.6 Å². The minimum atomic E-state index is -0.166.